The Morgan fingerprint density at radius 3 is 2.61 bits per heavy atom. The van der Waals surface area contributed by atoms with Gasteiger partial charge in [-0.15, -0.1) is 0 Å². The van der Waals surface area contributed by atoms with Gasteiger partial charge in [0.25, 0.3) is 0 Å². The molecular weight excluding hydrogens is 230 g/mol. The maximum atomic E-state index is 5.84. The Hall–Kier alpha value is -2.11. The van der Waals surface area contributed by atoms with Gasteiger partial charge in [-0.2, -0.15) is 10.1 Å². The van der Waals surface area contributed by atoms with Crippen LogP contribution in [0.25, 0.3) is 0 Å². The van der Waals surface area contributed by atoms with E-state index in [4.69, 9.17) is 10.5 Å². The van der Waals surface area contributed by atoms with Crippen LogP contribution in [0, 0.1) is 13.8 Å². The molecule has 0 saturated carbocycles. The van der Waals surface area contributed by atoms with Crippen molar-refractivity contribution in [3.63, 3.8) is 0 Å². The van der Waals surface area contributed by atoms with Crippen LogP contribution in [0.1, 0.15) is 24.0 Å². The second-order valence-corrected chi connectivity index (χ2v) is 4.16. The Balaban J connectivity index is 2.39. The SMILES string of the molecule is CCc1nc(N)c(C)c(Oc2cc(C)nn2C)n1. The van der Waals surface area contributed by atoms with Gasteiger partial charge in [0.15, 0.2) is 0 Å². The molecule has 2 aromatic rings. The van der Waals surface area contributed by atoms with Gasteiger partial charge in [-0.25, -0.2) is 9.67 Å². The smallest absolute Gasteiger partial charge is 0.229 e. The fraction of sp³-hybridized carbons (Fsp3) is 0.417. The van der Waals surface area contributed by atoms with Crippen LogP contribution in [-0.4, -0.2) is 19.7 Å². The van der Waals surface area contributed by atoms with Gasteiger partial charge in [0.05, 0.1) is 11.3 Å². The van der Waals surface area contributed by atoms with Crippen LogP contribution in [-0.2, 0) is 13.5 Å². The highest BCUT2D eigenvalue weighted by molar-refractivity contribution is 5.45. The predicted molar refractivity (Wildman–Crippen MR) is 68.6 cm³/mol. The summed E-state index contributed by atoms with van der Waals surface area (Å²) in [5.74, 6) is 2.25. The number of nitrogen functional groups attached to an aromatic ring is 1. The van der Waals surface area contributed by atoms with E-state index < -0.39 is 0 Å². The Bertz CT molecular complexity index is 576. The number of nitrogens with two attached hydrogens (primary N) is 1. The molecule has 2 N–H and O–H groups in total. The summed E-state index contributed by atoms with van der Waals surface area (Å²) < 4.78 is 7.42. The van der Waals surface area contributed by atoms with E-state index in [9.17, 15) is 0 Å². The van der Waals surface area contributed by atoms with Crippen molar-refractivity contribution in [3.05, 3.63) is 23.1 Å². The monoisotopic (exact) mass is 247 g/mol. The molecule has 0 saturated heterocycles. The largest absolute Gasteiger partial charge is 0.420 e. The Labute approximate surface area is 106 Å². The number of rotatable bonds is 3. The van der Waals surface area contributed by atoms with Gasteiger partial charge >= 0.3 is 0 Å². The topological polar surface area (TPSA) is 78.9 Å². The highest BCUT2D eigenvalue weighted by atomic mass is 16.5. The zero-order valence-corrected chi connectivity index (χ0v) is 11.1. The molecule has 0 aliphatic rings. The van der Waals surface area contributed by atoms with Gasteiger partial charge in [-0.05, 0) is 13.8 Å². The number of ether oxygens (including phenoxy) is 1. The lowest BCUT2D eigenvalue weighted by Gasteiger charge is -2.10. The molecule has 0 spiro atoms. The third-order valence-corrected chi connectivity index (χ3v) is 2.66. The summed E-state index contributed by atoms with van der Waals surface area (Å²) in [6.07, 6.45) is 0.714. The van der Waals surface area contributed by atoms with Crippen LogP contribution in [0.5, 0.6) is 11.8 Å². The minimum atomic E-state index is 0.454. The first-order valence-corrected chi connectivity index (χ1v) is 5.82. The quantitative estimate of drug-likeness (QED) is 0.894. The van der Waals surface area contributed by atoms with Crippen LogP contribution in [0.4, 0.5) is 5.82 Å². The maximum absolute atomic E-state index is 5.84. The van der Waals surface area contributed by atoms with Crippen molar-refractivity contribution in [2.75, 3.05) is 5.73 Å². The summed E-state index contributed by atoms with van der Waals surface area (Å²) in [5, 5.41) is 4.22. The van der Waals surface area contributed by atoms with Gasteiger partial charge in [-0.1, -0.05) is 6.92 Å². The molecule has 18 heavy (non-hydrogen) atoms. The van der Waals surface area contributed by atoms with E-state index in [0.29, 0.717) is 29.8 Å². The molecule has 0 unspecified atom stereocenters. The predicted octanol–water partition coefficient (Wildman–Crippen LogP) is 1.76. The van der Waals surface area contributed by atoms with E-state index in [1.807, 2.05) is 33.9 Å². The van der Waals surface area contributed by atoms with Crippen molar-refractivity contribution in [2.45, 2.75) is 27.2 Å². The summed E-state index contributed by atoms with van der Waals surface area (Å²) in [6.45, 7) is 5.72. The first-order chi connectivity index (χ1) is 8.51. The number of hydrogen-bond acceptors (Lipinski definition) is 5. The molecule has 2 aromatic heterocycles. The zero-order chi connectivity index (χ0) is 13.3. The van der Waals surface area contributed by atoms with Gasteiger partial charge < -0.3 is 10.5 Å². The molecule has 6 heteroatoms. The molecule has 0 radical (unpaired) electrons. The van der Waals surface area contributed by atoms with Crippen LogP contribution in [0.2, 0.25) is 0 Å². The molecule has 2 heterocycles. The Morgan fingerprint density at radius 1 is 1.33 bits per heavy atom. The van der Waals surface area contributed by atoms with Gasteiger partial charge in [0.1, 0.15) is 11.6 Å². The highest BCUT2D eigenvalue weighted by Gasteiger charge is 2.12. The lowest BCUT2D eigenvalue weighted by Crippen LogP contribution is -2.05. The van der Waals surface area contributed by atoms with E-state index in [-0.39, 0.29) is 0 Å². The summed E-state index contributed by atoms with van der Waals surface area (Å²) in [4.78, 5) is 8.53. The highest BCUT2D eigenvalue weighted by Crippen LogP contribution is 2.25. The minimum Gasteiger partial charge on any atom is -0.420 e. The molecule has 0 aromatic carbocycles. The summed E-state index contributed by atoms with van der Waals surface area (Å²) in [7, 11) is 1.82. The van der Waals surface area contributed by atoms with Crippen molar-refractivity contribution < 1.29 is 4.74 Å². The third kappa shape index (κ3) is 2.27. The molecule has 0 amide bonds. The second kappa shape index (κ2) is 4.64. The third-order valence-electron chi connectivity index (χ3n) is 2.66. The second-order valence-electron chi connectivity index (χ2n) is 4.16. The Kier molecular flexibility index (Phi) is 3.18. The van der Waals surface area contributed by atoms with Gasteiger partial charge in [0, 0.05) is 19.5 Å². The zero-order valence-electron chi connectivity index (χ0n) is 11.1. The average Bonchev–Trinajstić information content (AvgIpc) is 2.63. The molecule has 0 bridgehead atoms. The van der Waals surface area contributed by atoms with E-state index in [0.717, 1.165) is 11.3 Å². The van der Waals surface area contributed by atoms with E-state index >= 15 is 0 Å². The lowest BCUT2D eigenvalue weighted by molar-refractivity contribution is 0.410. The van der Waals surface area contributed by atoms with E-state index in [2.05, 4.69) is 15.1 Å². The van der Waals surface area contributed by atoms with Crippen molar-refractivity contribution in [1.82, 2.24) is 19.7 Å². The fourth-order valence-electron chi connectivity index (χ4n) is 1.60. The molecule has 0 aliphatic heterocycles. The molecule has 0 fully saturated rings. The summed E-state index contributed by atoms with van der Waals surface area (Å²) >= 11 is 0. The fourth-order valence-corrected chi connectivity index (χ4v) is 1.60. The minimum absolute atomic E-state index is 0.454. The average molecular weight is 247 g/mol. The first-order valence-electron chi connectivity index (χ1n) is 5.82. The van der Waals surface area contributed by atoms with Crippen molar-refractivity contribution in [2.24, 2.45) is 7.05 Å². The molecule has 0 aliphatic carbocycles. The summed E-state index contributed by atoms with van der Waals surface area (Å²) in [5.41, 5.74) is 7.47. The molecule has 96 valence electrons. The van der Waals surface area contributed by atoms with Crippen LogP contribution in [0.3, 0.4) is 0 Å². The maximum Gasteiger partial charge on any atom is 0.229 e. The van der Waals surface area contributed by atoms with Crippen molar-refractivity contribution >= 4 is 5.82 Å². The van der Waals surface area contributed by atoms with Crippen LogP contribution >= 0.6 is 0 Å². The number of aromatic nitrogens is 4. The number of nitrogens with zero attached hydrogens (tertiary/aromatic N) is 4. The molecule has 6 nitrogen and oxygen atoms in total. The van der Waals surface area contributed by atoms with E-state index in [1.165, 1.54) is 0 Å². The van der Waals surface area contributed by atoms with Crippen LogP contribution < -0.4 is 10.5 Å². The number of anilines is 1. The number of hydrogen-bond donors (Lipinski definition) is 1. The van der Waals surface area contributed by atoms with Gasteiger partial charge in [0.2, 0.25) is 11.8 Å². The van der Waals surface area contributed by atoms with E-state index in [1.54, 1.807) is 4.68 Å². The standard InChI is InChI=1S/C12H17N5O/c1-5-9-14-11(13)8(3)12(15-9)18-10-6-7(2)16-17(10)4/h6H,5H2,1-4H3,(H2,13,14,15). The van der Waals surface area contributed by atoms with Crippen molar-refractivity contribution in [1.29, 1.82) is 0 Å². The molecule has 2 rings (SSSR count). The number of aryl methyl sites for hydroxylation is 3. The van der Waals surface area contributed by atoms with Crippen molar-refractivity contribution in [3.8, 4) is 11.8 Å². The normalized spacial score (nSPS) is 10.7. The lowest BCUT2D eigenvalue weighted by atomic mass is 10.3. The van der Waals surface area contributed by atoms with Gasteiger partial charge in [-0.3, -0.25) is 0 Å². The Morgan fingerprint density at radius 2 is 2.06 bits per heavy atom. The summed E-state index contributed by atoms with van der Waals surface area (Å²) in [6, 6.07) is 1.85. The first kappa shape index (κ1) is 12.3. The molecule has 0 atom stereocenters. The molecular formula is C12H17N5O. The van der Waals surface area contributed by atoms with Crippen LogP contribution in [0.15, 0.2) is 6.07 Å².